The fraction of sp³-hybridized carbons (Fsp3) is 0.733. The summed E-state index contributed by atoms with van der Waals surface area (Å²) in [5.41, 5.74) is 8.09. The first-order chi connectivity index (χ1) is 9.94. The Morgan fingerprint density at radius 3 is 2.52 bits per heavy atom. The van der Waals surface area contributed by atoms with Crippen molar-refractivity contribution in [2.75, 3.05) is 33.4 Å². The Kier molecular flexibility index (Phi) is 3.43. The van der Waals surface area contributed by atoms with Crippen molar-refractivity contribution in [1.29, 1.82) is 0 Å². The molecule has 0 atom stereocenters. The Morgan fingerprint density at radius 2 is 2.05 bits per heavy atom. The molecular formula is C15H25N5O. The molecule has 0 aliphatic heterocycles. The second-order valence-electron chi connectivity index (χ2n) is 6.81. The number of likely N-dealkylation sites (N-methyl/N-ethyl adjacent to an activating group) is 2. The summed E-state index contributed by atoms with van der Waals surface area (Å²) in [5, 5.41) is 7.11. The summed E-state index contributed by atoms with van der Waals surface area (Å²) in [6.45, 7) is 0.726. The largest absolute Gasteiger partial charge is 0.395 e. The van der Waals surface area contributed by atoms with Crippen LogP contribution < -0.4 is 5.73 Å². The molecule has 2 aliphatic carbocycles. The molecule has 3 N–H and O–H groups in total. The van der Waals surface area contributed by atoms with Gasteiger partial charge in [0, 0.05) is 25.0 Å². The van der Waals surface area contributed by atoms with Gasteiger partial charge < -0.3 is 15.5 Å². The lowest BCUT2D eigenvalue weighted by Crippen LogP contribution is -2.57. The number of aromatic nitrogens is 2. The highest BCUT2D eigenvalue weighted by Crippen LogP contribution is 2.42. The van der Waals surface area contributed by atoms with Crippen LogP contribution in [0.2, 0.25) is 0 Å². The number of nitrogen functional groups attached to an aromatic ring is 1. The second-order valence-corrected chi connectivity index (χ2v) is 6.81. The summed E-state index contributed by atoms with van der Waals surface area (Å²) in [7, 11) is 6.02. The van der Waals surface area contributed by atoms with E-state index in [2.05, 4.69) is 29.2 Å². The standard InChI is InChI=1S/C15H25N5O/c1-19(2)15(7-4-8-15)9-20(3)14(21)13-11(16)12(17-18-13)10-5-6-10/h10H,4-9,16H2,1-3H3,(H,17,18). The minimum atomic E-state index is -0.0798. The highest BCUT2D eigenvalue weighted by atomic mass is 16.2. The maximum atomic E-state index is 12.6. The van der Waals surface area contributed by atoms with E-state index in [0.717, 1.165) is 37.9 Å². The summed E-state index contributed by atoms with van der Waals surface area (Å²) in [4.78, 5) is 16.6. The quantitative estimate of drug-likeness (QED) is 0.860. The van der Waals surface area contributed by atoms with E-state index in [4.69, 9.17) is 5.73 Å². The van der Waals surface area contributed by atoms with Crippen molar-refractivity contribution < 1.29 is 4.79 Å². The molecule has 1 aromatic heterocycles. The highest BCUT2D eigenvalue weighted by Gasteiger charge is 2.41. The van der Waals surface area contributed by atoms with Crippen molar-refractivity contribution in [3.05, 3.63) is 11.4 Å². The number of H-pyrrole nitrogens is 1. The number of anilines is 1. The molecule has 2 aliphatic rings. The first kappa shape index (κ1) is 14.4. The van der Waals surface area contributed by atoms with Crippen LogP contribution >= 0.6 is 0 Å². The third kappa shape index (κ3) is 2.41. The van der Waals surface area contributed by atoms with E-state index >= 15 is 0 Å². The van der Waals surface area contributed by atoms with E-state index in [9.17, 15) is 4.79 Å². The Balaban J connectivity index is 1.72. The fourth-order valence-corrected chi connectivity index (χ4v) is 3.24. The van der Waals surface area contributed by atoms with E-state index in [1.54, 1.807) is 4.90 Å². The average molecular weight is 291 g/mol. The number of nitrogens with zero attached hydrogens (tertiary/aromatic N) is 3. The monoisotopic (exact) mass is 291 g/mol. The van der Waals surface area contributed by atoms with Crippen LogP contribution in [-0.2, 0) is 0 Å². The van der Waals surface area contributed by atoms with Crippen molar-refractivity contribution in [3.8, 4) is 0 Å². The second kappa shape index (κ2) is 5.02. The van der Waals surface area contributed by atoms with Crippen LogP contribution in [0.3, 0.4) is 0 Å². The molecule has 0 spiro atoms. The molecule has 0 saturated heterocycles. The van der Waals surface area contributed by atoms with E-state index in [1.807, 2.05) is 7.05 Å². The molecule has 1 heterocycles. The predicted octanol–water partition coefficient (Wildman–Crippen LogP) is 1.43. The van der Waals surface area contributed by atoms with Gasteiger partial charge in [-0.25, -0.2) is 0 Å². The average Bonchev–Trinajstić information content (AvgIpc) is 3.16. The van der Waals surface area contributed by atoms with Crippen molar-refractivity contribution >= 4 is 11.6 Å². The molecule has 0 aromatic carbocycles. The number of hydrogen-bond acceptors (Lipinski definition) is 4. The number of amides is 1. The van der Waals surface area contributed by atoms with Crippen LogP contribution in [0, 0.1) is 0 Å². The molecule has 0 radical (unpaired) electrons. The molecule has 6 nitrogen and oxygen atoms in total. The van der Waals surface area contributed by atoms with E-state index in [1.165, 1.54) is 6.42 Å². The summed E-state index contributed by atoms with van der Waals surface area (Å²) in [6.07, 6.45) is 5.79. The maximum Gasteiger partial charge on any atom is 0.276 e. The normalized spacial score (nSPS) is 20.4. The Labute approximate surface area is 125 Å². The Bertz CT molecular complexity index is 542. The SMILES string of the molecule is CN(CC1(N(C)C)CCC1)C(=O)c1n[nH]c(C2CC2)c1N. The van der Waals surface area contributed by atoms with Crippen LogP contribution in [0.5, 0.6) is 0 Å². The summed E-state index contributed by atoms with van der Waals surface area (Å²) in [6, 6.07) is 0. The van der Waals surface area contributed by atoms with E-state index in [0.29, 0.717) is 17.3 Å². The van der Waals surface area contributed by atoms with Gasteiger partial charge >= 0.3 is 0 Å². The predicted molar refractivity (Wildman–Crippen MR) is 82.2 cm³/mol. The van der Waals surface area contributed by atoms with E-state index < -0.39 is 0 Å². The molecule has 0 unspecified atom stereocenters. The molecule has 6 heteroatoms. The Hall–Kier alpha value is -1.56. The summed E-state index contributed by atoms with van der Waals surface area (Å²) < 4.78 is 0. The molecule has 21 heavy (non-hydrogen) atoms. The van der Waals surface area contributed by atoms with Gasteiger partial charge in [0.05, 0.1) is 11.4 Å². The topological polar surface area (TPSA) is 78.2 Å². The van der Waals surface area contributed by atoms with Gasteiger partial charge in [-0.2, -0.15) is 5.10 Å². The van der Waals surface area contributed by atoms with Gasteiger partial charge in [0.15, 0.2) is 5.69 Å². The lowest BCUT2D eigenvalue weighted by molar-refractivity contribution is 0.0250. The molecule has 1 aromatic rings. The zero-order valence-corrected chi connectivity index (χ0v) is 13.1. The molecule has 1 amide bonds. The van der Waals surface area contributed by atoms with Crippen LogP contribution in [0.1, 0.15) is 54.2 Å². The van der Waals surface area contributed by atoms with Gasteiger partial charge in [0.25, 0.3) is 5.91 Å². The zero-order valence-electron chi connectivity index (χ0n) is 13.1. The van der Waals surface area contributed by atoms with Crippen molar-refractivity contribution in [2.45, 2.75) is 43.6 Å². The van der Waals surface area contributed by atoms with Gasteiger partial charge in [-0.1, -0.05) is 0 Å². The molecule has 116 valence electrons. The smallest absolute Gasteiger partial charge is 0.276 e. The first-order valence-corrected chi connectivity index (χ1v) is 7.71. The van der Waals surface area contributed by atoms with Gasteiger partial charge in [0.2, 0.25) is 0 Å². The van der Waals surface area contributed by atoms with Gasteiger partial charge in [-0.05, 0) is 46.2 Å². The van der Waals surface area contributed by atoms with Crippen LogP contribution in [0.4, 0.5) is 5.69 Å². The number of nitrogens with two attached hydrogens (primary N) is 1. The number of hydrogen-bond donors (Lipinski definition) is 2. The maximum absolute atomic E-state index is 12.6. The number of carbonyl (C=O) groups excluding carboxylic acids is 1. The van der Waals surface area contributed by atoms with Crippen LogP contribution in [0.15, 0.2) is 0 Å². The third-order valence-electron chi connectivity index (χ3n) is 5.13. The van der Waals surface area contributed by atoms with Gasteiger partial charge in [0.1, 0.15) is 0 Å². The zero-order chi connectivity index (χ0) is 15.2. The summed E-state index contributed by atoms with van der Waals surface area (Å²) >= 11 is 0. The number of rotatable bonds is 5. The number of nitrogens with one attached hydrogen (secondary N) is 1. The minimum Gasteiger partial charge on any atom is -0.395 e. The summed E-state index contributed by atoms with van der Waals surface area (Å²) in [5.74, 6) is 0.396. The van der Waals surface area contributed by atoms with Crippen LogP contribution in [0.25, 0.3) is 0 Å². The molecule has 0 bridgehead atoms. The van der Waals surface area contributed by atoms with Crippen LogP contribution in [-0.4, -0.2) is 59.1 Å². The van der Waals surface area contributed by atoms with Gasteiger partial charge in [-0.3, -0.25) is 9.89 Å². The molecule has 3 rings (SSSR count). The van der Waals surface area contributed by atoms with E-state index in [-0.39, 0.29) is 11.4 Å². The lowest BCUT2D eigenvalue weighted by Gasteiger charge is -2.49. The third-order valence-corrected chi connectivity index (χ3v) is 5.13. The molecule has 2 fully saturated rings. The number of aromatic amines is 1. The first-order valence-electron chi connectivity index (χ1n) is 7.71. The van der Waals surface area contributed by atoms with Crippen molar-refractivity contribution in [3.63, 3.8) is 0 Å². The fourth-order valence-electron chi connectivity index (χ4n) is 3.24. The minimum absolute atomic E-state index is 0.0798. The number of carbonyl (C=O) groups is 1. The van der Waals surface area contributed by atoms with Crippen molar-refractivity contribution in [1.82, 2.24) is 20.0 Å². The van der Waals surface area contributed by atoms with Crippen molar-refractivity contribution in [2.24, 2.45) is 0 Å². The lowest BCUT2D eigenvalue weighted by atomic mass is 9.75. The highest BCUT2D eigenvalue weighted by molar-refractivity contribution is 5.97. The molecular weight excluding hydrogens is 266 g/mol. The Morgan fingerprint density at radius 1 is 1.38 bits per heavy atom. The molecule has 2 saturated carbocycles. The van der Waals surface area contributed by atoms with Gasteiger partial charge in [-0.15, -0.1) is 0 Å².